The van der Waals surface area contributed by atoms with E-state index in [2.05, 4.69) is 18.2 Å². The van der Waals surface area contributed by atoms with Crippen molar-refractivity contribution in [3.63, 3.8) is 0 Å². The van der Waals surface area contributed by atoms with E-state index in [0.29, 0.717) is 10.8 Å². The van der Waals surface area contributed by atoms with Gasteiger partial charge in [0.15, 0.2) is 0 Å². The summed E-state index contributed by atoms with van der Waals surface area (Å²) in [6.07, 6.45) is 5.09. The molecule has 0 bridgehead atoms. The van der Waals surface area contributed by atoms with Gasteiger partial charge in [-0.2, -0.15) is 0 Å². The fraction of sp³-hybridized carbons (Fsp3) is 0.333. The zero-order valence-corrected chi connectivity index (χ0v) is 9.47. The van der Waals surface area contributed by atoms with Gasteiger partial charge in [-0.05, 0) is 24.2 Å². The molecule has 0 unspecified atom stereocenters. The van der Waals surface area contributed by atoms with Crippen molar-refractivity contribution in [1.82, 2.24) is 5.32 Å². The molecule has 1 aromatic rings. The highest BCUT2D eigenvalue weighted by Gasteiger charge is 2.01. The Labute approximate surface area is 95.6 Å². The normalized spacial score (nSPS) is 9.67. The van der Waals surface area contributed by atoms with Crippen molar-refractivity contribution < 1.29 is 4.74 Å². The molecule has 0 aliphatic heterocycles. The quantitative estimate of drug-likeness (QED) is 0.775. The summed E-state index contributed by atoms with van der Waals surface area (Å²) in [4.78, 5) is 0. The van der Waals surface area contributed by atoms with Crippen molar-refractivity contribution in [2.75, 3.05) is 13.2 Å². The van der Waals surface area contributed by atoms with Crippen LogP contribution in [-0.2, 0) is 6.54 Å². The summed E-state index contributed by atoms with van der Waals surface area (Å²) < 4.78 is 5.26. The van der Waals surface area contributed by atoms with Gasteiger partial charge in [-0.15, -0.1) is 6.42 Å². The Bertz CT molecular complexity index is 357. The van der Waals surface area contributed by atoms with Gasteiger partial charge in [0, 0.05) is 6.54 Å². The predicted molar refractivity (Wildman–Crippen MR) is 63.2 cm³/mol. The molecule has 15 heavy (non-hydrogen) atoms. The lowest BCUT2D eigenvalue weighted by atomic mass is 10.2. The number of rotatable bonds is 5. The third-order valence-electron chi connectivity index (χ3n) is 1.89. The molecule has 1 N–H and O–H groups in total. The van der Waals surface area contributed by atoms with Crippen molar-refractivity contribution in [3.8, 4) is 18.1 Å². The molecule has 1 aromatic carbocycles. The molecule has 0 aromatic heterocycles. The highest BCUT2D eigenvalue weighted by atomic mass is 35.5. The van der Waals surface area contributed by atoms with E-state index in [4.69, 9.17) is 22.8 Å². The molecule has 1 rings (SSSR count). The van der Waals surface area contributed by atoms with Crippen molar-refractivity contribution >= 4 is 11.6 Å². The van der Waals surface area contributed by atoms with E-state index in [1.165, 1.54) is 0 Å². The molecule has 0 spiro atoms. The molecule has 0 fully saturated rings. The highest BCUT2D eigenvalue weighted by Crippen LogP contribution is 2.25. The summed E-state index contributed by atoms with van der Waals surface area (Å²) in [6, 6.07) is 5.70. The van der Waals surface area contributed by atoms with Crippen LogP contribution >= 0.6 is 11.6 Å². The lowest BCUT2D eigenvalue weighted by Gasteiger charge is -2.07. The van der Waals surface area contributed by atoms with Gasteiger partial charge in [0.05, 0.1) is 5.02 Å². The van der Waals surface area contributed by atoms with E-state index in [9.17, 15) is 0 Å². The van der Waals surface area contributed by atoms with Gasteiger partial charge in [0.2, 0.25) is 0 Å². The van der Waals surface area contributed by atoms with Crippen molar-refractivity contribution in [2.24, 2.45) is 0 Å². The summed E-state index contributed by atoms with van der Waals surface area (Å²) in [7, 11) is 0. The van der Waals surface area contributed by atoms with Gasteiger partial charge in [-0.3, -0.25) is 0 Å². The van der Waals surface area contributed by atoms with Gasteiger partial charge in [-0.25, -0.2) is 0 Å². The number of ether oxygens (including phenoxy) is 1. The first-order valence-electron chi connectivity index (χ1n) is 4.83. The summed E-state index contributed by atoms with van der Waals surface area (Å²) in [6.45, 7) is 4.05. The summed E-state index contributed by atoms with van der Waals surface area (Å²) in [5, 5.41) is 3.82. The predicted octanol–water partition coefficient (Wildman–Crippen LogP) is 2.46. The van der Waals surface area contributed by atoms with Crippen LogP contribution in [0.5, 0.6) is 5.75 Å². The lowest BCUT2D eigenvalue weighted by Crippen LogP contribution is -2.11. The molecule has 2 nitrogen and oxygen atoms in total. The third-order valence-corrected chi connectivity index (χ3v) is 2.18. The van der Waals surface area contributed by atoms with Gasteiger partial charge >= 0.3 is 0 Å². The van der Waals surface area contributed by atoms with Crippen LogP contribution in [0.1, 0.15) is 12.5 Å². The fourth-order valence-corrected chi connectivity index (χ4v) is 1.42. The van der Waals surface area contributed by atoms with Crippen LogP contribution in [0.4, 0.5) is 0 Å². The first-order valence-corrected chi connectivity index (χ1v) is 5.21. The van der Waals surface area contributed by atoms with Crippen LogP contribution in [0.3, 0.4) is 0 Å². The molecular formula is C12H14ClNO. The van der Waals surface area contributed by atoms with Crippen LogP contribution in [-0.4, -0.2) is 13.2 Å². The number of hydrogen-bond donors (Lipinski definition) is 1. The van der Waals surface area contributed by atoms with E-state index in [1.54, 1.807) is 0 Å². The van der Waals surface area contributed by atoms with Crippen molar-refractivity contribution in [2.45, 2.75) is 13.5 Å². The maximum absolute atomic E-state index is 6.02. The van der Waals surface area contributed by atoms with Crippen LogP contribution in [0.25, 0.3) is 0 Å². The Balaban J connectivity index is 2.66. The second-order valence-corrected chi connectivity index (χ2v) is 3.45. The molecule has 0 saturated carbocycles. The molecule has 0 aliphatic rings. The number of terminal acetylenes is 1. The molecule has 0 atom stereocenters. The zero-order valence-electron chi connectivity index (χ0n) is 8.72. The van der Waals surface area contributed by atoms with E-state index in [-0.39, 0.29) is 6.61 Å². The van der Waals surface area contributed by atoms with Gasteiger partial charge in [-0.1, -0.05) is 30.5 Å². The SMILES string of the molecule is C#CCOc1ccc(CNCC)cc1Cl. The first-order chi connectivity index (χ1) is 7.27. The minimum Gasteiger partial charge on any atom is -0.479 e. The molecule has 80 valence electrons. The Morgan fingerprint density at radius 1 is 1.53 bits per heavy atom. The standard InChI is InChI=1S/C12H14ClNO/c1-3-7-15-12-6-5-10(8-11(12)13)9-14-4-2/h1,5-6,8,14H,4,7,9H2,2H3. The number of benzene rings is 1. The first kappa shape index (κ1) is 11.9. The van der Waals surface area contributed by atoms with E-state index in [0.717, 1.165) is 18.7 Å². The van der Waals surface area contributed by atoms with E-state index in [1.807, 2.05) is 18.2 Å². The highest BCUT2D eigenvalue weighted by molar-refractivity contribution is 6.32. The molecule has 0 amide bonds. The maximum atomic E-state index is 6.02. The molecule has 0 heterocycles. The average molecular weight is 224 g/mol. The largest absolute Gasteiger partial charge is 0.479 e. The van der Waals surface area contributed by atoms with Crippen LogP contribution in [0.2, 0.25) is 5.02 Å². The minimum absolute atomic E-state index is 0.242. The minimum atomic E-state index is 0.242. The average Bonchev–Trinajstić information content (AvgIpc) is 2.25. The molecule has 0 saturated heterocycles. The fourth-order valence-electron chi connectivity index (χ4n) is 1.16. The summed E-state index contributed by atoms with van der Waals surface area (Å²) in [5.74, 6) is 3.03. The van der Waals surface area contributed by atoms with Gasteiger partial charge in [0.1, 0.15) is 12.4 Å². The van der Waals surface area contributed by atoms with E-state index >= 15 is 0 Å². The second kappa shape index (κ2) is 6.34. The molecule has 0 radical (unpaired) electrons. The third kappa shape index (κ3) is 3.83. The Kier molecular flexibility index (Phi) is 5.03. The topological polar surface area (TPSA) is 21.3 Å². The Morgan fingerprint density at radius 2 is 2.33 bits per heavy atom. The monoisotopic (exact) mass is 223 g/mol. The van der Waals surface area contributed by atoms with Crippen LogP contribution < -0.4 is 10.1 Å². The Morgan fingerprint density at radius 3 is 2.93 bits per heavy atom. The van der Waals surface area contributed by atoms with E-state index < -0.39 is 0 Å². The summed E-state index contributed by atoms with van der Waals surface area (Å²) in [5.41, 5.74) is 1.13. The summed E-state index contributed by atoms with van der Waals surface area (Å²) >= 11 is 6.02. The maximum Gasteiger partial charge on any atom is 0.148 e. The lowest BCUT2D eigenvalue weighted by molar-refractivity contribution is 0.370. The second-order valence-electron chi connectivity index (χ2n) is 3.04. The number of hydrogen-bond acceptors (Lipinski definition) is 2. The number of halogens is 1. The molecular weight excluding hydrogens is 210 g/mol. The van der Waals surface area contributed by atoms with Gasteiger partial charge in [0.25, 0.3) is 0 Å². The van der Waals surface area contributed by atoms with Gasteiger partial charge < -0.3 is 10.1 Å². The zero-order chi connectivity index (χ0) is 11.1. The van der Waals surface area contributed by atoms with Crippen LogP contribution in [0.15, 0.2) is 18.2 Å². The number of nitrogens with one attached hydrogen (secondary N) is 1. The molecule has 0 aliphatic carbocycles. The smallest absolute Gasteiger partial charge is 0.148 e. The molecule has 3 heteroatoms. The van der Waals surface area contributed by atoms with Crippen molar-refractivity contribution in [3.05, 3.63) is 28.8 Å². The van der Waals surface area contributed by atoms with Crippen LogP contribution in [0, 0.1) is 12.3 Å². The Hall–Kier alpha value is -1.17. The van der Waals surface area contributed by atoms with Crippen molar-refractivity contribution in [1.29, 1.82) is 0 Å².